The second-order valence-corrected chi connectivity index (χ2v) is 8.62. The number of fused-ring (bicyclic) bond motifs is 1. The molecular weight excluding hydrogens is 398 g/mol. The second-order valence-electron chi connectivity index (χ2n) is 6.76. The normalized spacial score (nSPS) is 15.1. The van der Waals surface area contributed by atoms with Gasteiger partial charge in [0, 0.05) is 49.5 Å². The van der Waals surface area contributed by atoms with Gasteiger partial charge in [-0.15, -0.1) is 0 Å². The van der Waals surface area contributed by atoms with E-state index in [0.717, 1.165) is 6.07 Å². The smallest absolute Gasteiger partial charge is 0.242 e. The molecule has 1 N–H and O–H groups in total. The summed E-state index contributed by atoms with van der Waals surface area (Å²) >= 11 is 0. The topological polar surface area (TPSA) is 65.5 Å². The van der Waals surface area contributed by atoms with E-state index in [-0.39, 0.29) is 10.4 Å². The number of nitrogens with one attached hydrogen (secondary N) is 1. The van der Waals surface area contributed by atoms with Crippen LogP contribution in [-0.2, 0) is 10.0 Å². The number of hydrogen-bond acceptors (Lipinski definition) is 5. The molecular formula is C20H20F2N4O2S. The largest absolute Gasteiger partial charge is 0.367 e. The SMILES string of the molecule is CNS(=O)(=O)c1ccccc1N1CCN(c2ccnc3c(F)cc(F)cc23)CC1. The first kappa shape index (κ1) is 19.5. The van der Waals surface area contributed by atoms with Gasteiger partial charge in [-0.25, -0.2) is 21.9 Å². The van der Waals surface area contributed by atoms with E-state index >= 15 is 0 Å². The Morgan fingerprint density at radius 1 is 0.966 bits per heavy atom. The molecule has 6 nitrogen and oxygen atoms in total. The molecule has 0 radical (unpaired) electrons. The molecule has 0 aliphatic carbocycles. The minimum absolute atomic E-state index is 0.136. The van der Waals surface area contributed by atoms with Crippen LogP contribution in [0.1, 0.15) is 0 Å². The number of nitrogens with zero attached hydrogens (tertiary/aromatic N) is 3. The number of benzene rings is 2. The molecule has 0 atom stereocenters. The number of piperazine rings is 1. The maximum Gasteiger partial charge on any atom is 0.242 e. The van der Waals surface area contributed by atoms with Crippen molar-refractivity contribution in [1.82, 2.24) is 9.71 Å². The highest BCUT2D eigenvalue weighted by molar-refractivity contribution is 7.89. The third-order valence-corrected chi connectivity index (χ3v) is 6.59. The number of hydrogen-bond donors (Lipinski definition) is 1. The molecule has 0 saturated carbocycles. The van der Waals surface area contributed by atoms with E-state index < -0.39 is 21.7 Å². The number of para-hydroxylation sites is 1. The molecule has 0 unspecified atom stereocenters. The molecule has 0 amide bonds. The summed E-state index contributed by atoms with van der Waals surface area (Å²) < 4.78 is 54.9. The first-order chi connectivity index (χ1) is 13.9. The van der Waals surface area contributed by atoms with Crippen LogP contribution in [0.5, 0.6) is 0 Å². The van der Waals surface area contributed by atoms with Crippen LogP contribution in [0.4, 0.5) is 20.2 Å². The van der Waals surface area contributed by atoms with Gasteiger partial charge in [0.05, 0.1) is 5.69 Å². The van der Waals surface area contributed by atoms with Crippen molar-refractivity contribution in [3.63, 3.8) is 0 Å². The summed E-state index contributed by atoms with van der Waals surface area (Å²) in [5.74, 6) is -1.33. The molecule has 2 heterocycles. The Bertz CT molecular complexity index is 1160. The predicted molar refractivity (Wildman–Crippen MR) is 109 cm³/mol. The lowest BCUT2D eigenvalue weighted by molar-refractivity contribution is 0.586. The number of rotatable bonds is 4. The van der Waals surface area contributed by atoms with Crippen molar-refractivity contribution in [3.8, 4) is 0 Å². The van der Waals surface area contributed by atoms with Gasteiger partial charge in [-0.3, -0.25) is 4.98 Å². The Morgan fingerprint density at radius 3 is 2.31 bits per heavy atom. The number of sulfonamides is 1. The zero-order valence-electron chi connectivity index (χ0n) is 15.8. The molecule has 1 fully saturated rings. The highest BCUT2D eigenvalue weighted by atomic mass is 32.2. The average molecular weight is 418 g/mol. The standard InChI is InChI=1S/C20H20F2N4O2S/c1-23-29(27,28)19-5-3-2-4-18(19)26-10-8-25(9-11-26)17-6-7-24-20-15(17)12-14(21)13-16(20)22/h2-7,12-13,23H,8-11H2,1H3. The summed E-state index contributed by atoms with van der Waals surface area (Å²) in [6.45, 7) is 2.28. The number of halogens is 2. The van der Waals surface area contributed by atoms with Gasteiger partial charge < -0.3 is 9.80 Å². The van der Waals surface area contributed by atoms with Crippen molar-refractivity contribution in [2.24, 2.45) is 0 Å². The van der Waals surface area contributed by atoms with Gasteiger partial charge in [-0.1, -0.05) is 12.1 Å². The van der Waals surface area contributed by atoms with E-state index in [1.54, 1.807) is 30.3 Å². The lowest BCUT2D eigenvalue weighted by Gasteiger charge is -2.38. The maximum absolute atomic E-state index is 14.1. The molecule has 1 aliphatic heterocycles. The molecule has 4 rings (SSSR count). The van der Waals surface area contributed by atoms with Crippen LogP contribution in [0.25, 0.3) is 10.9 Å². The van der Waals surface area contributed by atoms with Gasteiger partial charge in [0.1, 0.15) is 16.2 Å². The van der Waals surface area contributed by atoms with Crippen LogP contribution in [-0.4, -0.2) is 46.6 Å². The van der Waals surface area contributed by atoms with Gasteiger partial charge in [0.15, 0.2) is 5.82 Å². The van der Waals surface area contributed by atoms with Crippen LogP contribution >= 0.6 is 0 Å². The third kappa shape index (κ3) is 3.63. The molecule has 1 saturated heterocycles. The summed E-state index contributed by atoms with van der Waals surface area (Å²) in [4.78, 5) is 8.31. The second kappa shape index (κ2) is 7.57. The molecule has 2 aromatic carbocycles. The van der Waals surface area contributed by atoms with Crippen LogP contribution in [0.2, 0.25) is 0 Å². The fourth-order valence-electron chi connectivity index (χ4n) is 3.68. The Labute approximate surface area is 167 Å². The van der Waals surface area contributed by atoms with Gasteiger partial charge in [0.25, 0.3) is 0 Å². The van der Waals surface area contributed by atoms with Crippen molar-refractivity contribution < 1.29 is 17.2 Å². The van der Waals surface area contributed by atoms with Crippen LogP contribution < -0.4 is 14.5 Å². The molecule has 152 valence electrons. The molecule has 29 heavy (non-hydrogen) atoms. The van der Waals surface area contributed by atoms with E-state index in [1.165, 1.54) is 19.3 Å². The summed E-state index contributed by atoms with van der Waals surface area (Å²) in [5, 5.41) is 0.427. The number of anilines is 2. The minimum Gasteiger partial charge on any atom is -0.367 e. The number of pyridine rings is 1. The lowest BCUT2D eigenvalue weighted by atomic mass is 10.1. The van der Waals surface area contributed by atoms with Gasteiger partial charge >= 0.3 is 0 Å². The van der Waals surface area contributed by atoms with E-state index in [9.17, 15) is 17.2 Å². The van der Waals surface area contributed by atoms with E-state index in [2.05, 4.69) is 9.71 Å². The van der Waals surface area contributed by atoms with Gasteiger partial charge in [-0.05, 0) is 31.3 Å². The van der Waals surface area contributed by atoms with Crippen molar-refractivity contribution >= 4 is 32.3 Å². The zero-order chi connectivity index (χ0) is 20.6. The summed E-state index contributed by atoms with van der Waals surface area (Å²) in [6, 6.07) is 10.7. The average Bonchev–Trinajstić information content (AvgIpc) is 2.73. The summed E-state index contributed by atoms with van der Waals surface area (Å²) in [5.41, 5.74) is 1.49. The quantitative estimate of drug-likeness (QED) is 0.706. The van der Waals surface area contributed by atoms with Crippen LogP contribution in [0, 0.1) is 11.6 Å². The Balaban J connectivity index is 1.62. The Hall–Kier alpha value is -2.78. The van der Waals surface area contributed by atoms with Gasteiger partial charge in [0.2, 0.25) is 10.0 Å². The van der Waals surface area contributed by atoms with Crippen LogP contribution in [0.3, 0.4) is 0 Å². The summed E-state index contributed by atoms with van der Waals surface area (Å²) in [7, 11) is -2.19. The maximum atomic E-state index is 14.1. The predicted octanol–water partition coefficient (Wildman–Crippen LogP) is 2.75. The van der Waals surface area contributed by atoms with E-state index in [1.807, 2.05) is 9.80 Å². The molecule has 3 aromatic rings. The first-order valence-electron chi connectivity index (χ1n) is 9.17. The minimum atomic E-state index is -3.58. The van der Waals surface area contributed by atoms with Crippen molar-refractivity contribution in [1.29, 1.82) is 0 Å². The molecule has 1 aromatic heterocycles. The highest BCUT2D eigenvalue weighted by Crippen LogP contribution is 2.31. The van der Waals surface area contributed by atoms with E-state index in [4.69, 9.17) is 0 Å². The van der Waals surface area contributed by atoms with Crippen LogP contribution in [0.15, 0.2) is 53.6 Å². The number of aromatic nitrogens is 1. The fourth-order valence-corrected chi connectivity index (χ4v) is 4.63. The lowest BCUT2D eigenvalue weighted by Crippen LogP contribution is -2.47. The third-order valence-electron chi connectivity index (χ3n) is 5.12. The Kier molecular flexibility index (Phi) is 5.10. The molecule has 0 spiro atoms. The van der Waals surface area contributed by atoms with Crippen molar-refractivity contribution in [3.05, 3.63) is 60.3 Å². The first-order valence-corrected chi connectivity index (χ1v) is 10.7. The molecule has 1 aliphatic rings. The van der Waals surface area contributed by atoms with E-state index in [0.29, 0.717) is 42.9 Å². The zero-order valence-corrected chi connectivity index (χ0v) is 16.6. The van der Waals surface area contributed by atoms with Crippen molar-refractivity contribution in [2.45, 2.75) is 4.90 Å². The summed E-state index contributed by atoms with van der Waals surface area (Å²) in [6.07, 6.45) is 1.51. The Morgan fingerprint density at radius 2 is 1.62 bits per heavy atom. The molecule has 0 bridgehead atoms. The van der Waals surface area contributed by atoms with Gasteiger partial charge in [-0.2, -0.15) is 0 Å². The van der Waals surface area contributed by atoms with Crippen molar-refractivity contribution in [2.75, 3.05) is 43.0 Å². The fraction of sp³-hybridized carbons (Fsp3) is 0.250. The monoisotopic (exact) mass is 418 g/mol. The molecule has 9 heteroatoms. The highest BCUT2D eigenvalue weighted by Gasteiger charge is 2.25.